The van der Waals surface area contributed by atoms with Gasteiger partial charge in [0, 0.05) is 33.1 Å². The molecule has 1 fully saturated rings. The van der Waals surface area contributed by atoms with Crippen LogP contribution >= 0.6 is 0 Å². The Labute approximate surface area is 180 Å². The molecule has 0 N–H and O–H groups in total. The number of benzene rings is 2. The van der Waals surface area contributed by atoms with E-state index < -0.39 is 12.1 Å². The van der Waals surface area contributed by atoms with Crippen molar-refractivity contribution in [2.45, 2.75) is 26.6 Å². The number of carbonyl (C=O) groups excluding carboxylic acids is 3. The molecule has 1 aliphatic rings. The van der Waals surface area contributed by atoms with E-state index in [4.69, 9.17) is 9.47 Å². The molecule has 31 heavy (non-hydrogen) atoms. The van der Waals surface area contributed by atoms with Crippen LogP contribution < -0.4 is 4.74 Å². The summed E-state index contributed by atoms with van der Waals surface area (Å²) in [5.41, 5.74) is 0.948. The van der Waals surface area contributed by atoms with E-state index in [0.717, 1.165) is 5.56 Å². The second-order valence-electron chi connectivity index (χ2n) is 7.29. The topological polar surface area (TPSA) is 76.2 Å². The molecule has 2 aromatic carbocycles. The first kappa shape index (κ1) is 22.3. The Bertz CT molecular complexity index is 939. The highest BCUT2D eigenvalue weighted by Crippen LogP contribution is 2.21. The van der Waals surface area contributed by atoms with E-state index in [1.807, 2.05) is 0 Å². The Morgan fingerprint density at radius 3 is 2.23 bits per heavy atom. The molecule has 1 saturated heterocycles. The summed E-state index contributed by atoms with van der Waals surface area (Å²) < 4.78 is 24.2. The number of amides is 2. The van der Waals surface area contributed by atoms with Crippen molar-refractivity contribution in [2.75, 3.05) is 26.2 Å². The molecular weight excluding hydrogens is 403 g/mol. The van der Waals surface area contributed by atoms with Crippen molar-refractivity contribution in [2.24, 2.45) is 0 Å². The molecule has 1 atom stereocenters. The van der Waals surface area contributed by atoms with Crippen LogP contribution in [0, 0.1) is 5.82 Å². The highest BCUT2D eigenvalue weighted by molar-refractivity contribution is 5.94. The van der Waals surface area contributed by atoms with Crippen LogP contribution in [-0.4, -0.2) is 59.9 Å². The standard InChI is InChI=1S/C23H25FN2O5/c1-16(22(28)26-13-11-25(12-14-26)17(2)27)31-23(29)20-5-3-4-6-21(20)30-15-18-7-9-19(24)10-8-18/h3-10,16H,11-15H2,1-2H3. The van der Waals surface area contributed by atoms with Crippen LogP contribution in [0.25, 0.3) is 0 Å². The summed E-state index contributed by atoms with van der Waals surface area (Å²) in [4.78, 5) is 40.0. The largest absolute Gasteiger partial charge is 0.488 e. The van der Waals surface area contributed by atoms with E-state index >= 15 is 0 Å². The van der Waals surface area contributed by atoms with E-state index in [9.17, 15) is 18.8 Å². The fourth-order valence-electron chi connectivity index (χ4n) is 3.28. The summed E-state index contributed by atoms with van der Waals surface area (Å²) in [5, 5.41) is 0. The number of para-hydroxylation sites is 1. The number of carbonyl (C=O) groups is 3. The first-order chi connectivity index (χ1) is 14.8. The quantitative estimate of drug-likeness (QED) is 0.662. The smallest absolute Gasteiger partial charge is 0.342 e. The lowest BCUT2D eigenvalue weighted by Crippen LogP contribution is -2.52. The highest BCUT2D eigenvalue weighted by Gasteiger charge is 2.28. The Morgan fingerprint density at radius 1 is 0.968 bits per heavy atom. The molecule has 0 saturated carbocycles. The van der Waals surface area contributed by atoms with Gasteiger partial charge in [-0.3, -0.25) is 9.59 Å². The van der Waals surface area contributed by atoms with Gasteiger partial charge in [0.25, 0.3) is 5.91 Å². The van der Waals surface area contributed by atoms with Gasteiger partial charge < -0.3 is 19.3 Å². The zero-order chi connectivity index (χ0) is 22.4. The molecule has 1 aliphatic heterocycles. The number of hydrogen-bond acceptors (Lipinski definition) is 5. The lowest BCUT2D eigenvalue weighted by molar-refractivity contribution is -0.144. The minimum atomic E-state index is -0.971. The number of ether oxygens (including phenoxy) is 2. The summed E-state index contributed by atoms with van der Waals surface area (Å²) in [6.45, 7) is 4.90. The number of hydrogen-bond donors (Lipinski definition) is 0. The van der Waals surface area contributed by atoms with Gasteiger partial charge in [-0.25, -0.2) is 9.18 Å². The molecular formula is C23H25FN2O5. The summed E-state index contributed by atoms with van der Waals surface area (Å²) in [5.74, 6) is -1.02. The van der Waals surface area contributed by atoms with Gasteiger partial charge in [0.2, 0.25) is 5.91 Å². The van der Waals surface area contributed by atoms with Crippen LogP contribution in [0.4, 0.5) is 4.39 Å². The van der Waals surface area contributed by atoms with Gasteiger partial charge in [0.1, 0.15) is 23.7 Å². The van der Waals surface area contributed by atoms with E-state index in [1.165, 1.54) is 26.0 Å². The average Bonchev–Trinajstić information content (AvgIpc) is 2.78. The maximum Gasteiger partial charge on any atom is 0.342 e. The summed E-state index contributed by atoms with van der Waals surface area (Å²) in [6, 6.07) is 12.5. The highest BCUT2D eigenvalue weighted by atomic mass is 19.1. The molecule has 0 spiro atoms. The normalized spacial score (nSPS) is 14.7. The van der Waals surface area contributed by atoms with Crippen molar-refractivity contribution in [1.29, 1.82) is 0 Å². The maximum atomic E-state index is 13.0. The molecule has 0 bridgehead atoms. The van der Waals surface area contributed by atoms with Gasteiger partial charge in [-0.2, -0.15) is 0 Å². The van der Waals surface area contributed by atoms with Crippen molar-refractivity contribution in [3.63, 3.8) is 0 Å². The monoisotopic (exact) mass is 428 g/mol. The van der Waals surface area contributed by atoms with E-state index in [1.54, 1.807) is 46.2 Å². The van der Waals surface area contributed by atoms with Gasteiger partial charge in [-0.1, -0.05) is 24.3 Å². The van der Waals surface area contributed by atoms with Crippen LogP contribution in [0.2, 0.25) is 0 Å². The number of piperazine rings is 1. The SMILES string of the molecule is CC(=O)N1CCN(C(=O)C(C)OC(=O)c2ccccc2OCc2ccc(F)cc2)CC1. The van der Waals surface area contributed by atoms with Gasteiger partial charge in [-0.15, -0.1) is 0 Å². The van der Waals surface area contributed by atoms with Gasteiger partial charge in [0.15, 0.2) is 6.10 Å². The number of esters is 1. The third-order valence-corrected chi connectivity index (χ3v) is 5.08. The molecule has 8 heteroatoms. The second kappa shape index (κ2) is 10.1. The number of halogens is 1. The molecule has 1 heterocycles. The van der Waals surface area contributed by atoms with Gasteiger partial charge in [-0.05, 0) is 36.8 Å². The number of rotatable bonds is 6. The number of nitrogens with zero attached hydrogens (tertiary/aromatic N) is 2. The van der Waals surface area contributed by atoms with E-state index in [0.29, 0.717) is 31.9 Å². The molecule has 1 unspecified atom stereocenters. The molecule has 2 aromatic rings. The van der Waals surface area contributed by atoms with Crippen LogP contribution in [-0.2, 0) is 20.9 Å². The Kier molecular flexibility index (Phi) is 7.23. The third-order valence-electron chi connectivity index (χ3n) is 5.08. The molecule has 7 nitrogen and oxygen atoms in total. The Hall–Kier alpha value is -3.42. The fourth-order valence-corrected chi connectivity index (χ4v) is 3.28. The molecule has 164 valence electrons. The Morgan fingerprint density at radius 2 is 1.58 bits per heavy atom. The summed E-state index contributed by atoms with van der Waals surface area (Å²) in [7, 11) is 0. The minimum Gasteiger partial charge on any atom is -0.488 e. The van der Waals surface area contributed by atoms with Gasteiger partial charge in [0.05, 0.1) is 0 Å². The van der Waals surface area contributed by atoms with E-state index in [-0.39, 0.29) is 29.8 Å². The minimum absolute atomic E-state index is 0.0242. The molecule has 0 aliphatic carbocycles. The summed E-state index contributed by atoms with van der Waals surface area (Å²) in [6.07, 6.45) is -0.971. The van der Waals surface area contributed by atoms with Crippen LogP contribution in [0.3, 0.4) is 0 Å². The molecule has 0 radical (unpaired) electrons. The Balaban J connectivity index is 1.59. The lowest BCUT2D eigenvalue weighted by Gasteiger charge is -2.35. The molecule has 2 amide bonds. The lowest BCUT2D eigenvalue weighted by atomic mass is 10.2. The van der Waals surface area contributed by atoms with Crippen LogP contribution in [0.5, 0.6) is 5.75 Å². The molecule has 0 aromatic heterocycles. The first-order valence-electron chi connectivity index (χ1n) is 10.1. The van der Waals surface area contributed by atoms with Crippen LogP contribution in [0.15, 0.2) is 48.5 Å². The van der Waals surface area contributed by atoms with Crippen molar-refractivity contribution in [3.8, 4) is 5.75 Å². The van der Waals surface area contributed by atoms with Crippen molar-refractivity contribution >= 4 is 17.8 Å². The summed E-state index contributed by atoms with van der Waals surface area (Å²) >= 11 is 0. The zero-order valence-electron chi connectivity index (χ0n) is 17.5. The first-order valence-corrected chi connectivity index (χ1v) is 10.1. The van der Waals surface area contributed by atoms with Crippen molar-refractivity contribution < 1.29 is 28.2 Å². The van der Waals surface area contributed by atoms with Crippen molar-refractivity contribution in [1.82, 2.24) is 9.80 Å². The fraction of sp³-hybridized carbons (Fsp3) is 0.348. The maximum absolute atomic E-state index is 13.0. The predicted molar refractivity (Wildman–Crippen MR) is 111 cm³/mol. The van der Waals surface area contributed by atoms with Crippen LogP contribution in [0.1, 0.15) is 29.8 Å². The molecule has 3 rings (SSSR count). The van der Waals surface area contributed by atoms with Crippen molar-refractivity contribution in [3.05, 3.63) is 65.5 Å². The predicted octanol–water partition coefficient (Wildman–Crippen LogP) is 2.64. The zero-order valence-corrected chi connectivity index (χ0v) is 17.5. The van der Waals surface area contributed by atoms with Gasteiger partial charge >= 0.3 is 5.97 Å². The average molecular weight is 428 g/mol. The third kappa shape index (κ3) is 5.81. The second-order valence-corrected chi connectivity index (χ2v) is 7.29. The van der Waals surface area contributed by atoms with E-state index in [2.05, 4.69) is 0 Å².